The Morgan fingerprint density at radius 2 is 1.72 bits per heavy atom. The van der Waals surface area contributed by atoms with E-state index < -0.39 is 22.6 Å². The third kappa shape index (κ3) is 4.08. The van der Waals surface area contributed by atoms with Crippen LogP contribution in [-0.4, -0.2) is 22.6 Å². The highest BCUT2D eigenvalue weighted by molar-refractivity contribution is 6.12. The molecular weight excluding hydrogens is 364 g/mol. The van der Waals surface area contributed by atoms with Crippen LogP contribution in [0.5, 0.6) is 0 Å². The minimum Gasteiger partial charge on any atom is -0.480 e. The predicted molar refractivity (Wildman–Crippen MR) is 115 cm³/mol. The zero-order chi connectivity index (χ0) is 22.0. The molecule has 0 amide bonds. The monoisotopic (exact) mass is 398 g/mol. The fourth-order valence-electron chi connectivity index (χ4n) is 4.89. The maximum atomic E-state index is 13.5. The van der Waals surface area contributed by atoms with Gasteiger partial charge >= 0.3 is 5.97 Å². The third-order valence-corrected chi connectivity index (χ3v) is 7.28. The van der Waals surface area contributed by atoms with E-state index in [4.69, 9.17) is 0 Å². The first-order valence-corrected chi connectivity index (χ1v) is 10.4. The number of hydrogen-bond donors (Lipinski definition) is 1. The Kier molecular flexibility index (Phi) is 6.56. The van der Waals surface area contributed by atoms with Gasteiger partial charge in [-0.15, -0.1) is 0 Å². The van der Waals surface area contributed by atoms with Gasteiger partial charge in [-0.05, 0) is 43.9 Å². The third-order valence-electron chi connectivity index (χ3n) is 7.28. The van der Waals surface area contributed by atoms with Crippen LogP contribution in [0.4, 0.5) is 0 Å². The number of aliphatic carboxylic acids is 1. The Hall–Kier alpha value is -2.23. The normalized spacial score (nSPS) is 22.7. The second-order valence-corrected chi connectivity index (χ2v) is 9.59. The summed E-state index contributed by atoms with van der Waals surface area (Å²) in [4.78, 5) is 39.3. The molecule has 0 heterocycles. The molecule has 29 heavy (non-hydrogen) atoms. The van der Waals surface area contributed by atoms with Gasteiger partial charge in [-0.1, -0.05) is 69.7 Å². The van der Waals surface area contributed by atoms with Crippen molar-refractivity contribution < 1.29 is 19.5 Å². The highest BCUT2D eigenvalue weighted by Gasteiger charge is 2.56. The maximum Gasteiger partial charge on any atom is 0.317 e. The summed E-state index contributed by atoms with van der Waals surface area (Å²) in [5, 5.41) is 10.2. The van der Waals surface area contributed by atoms with Gasteiger partial charge in [-0.2, -0.15) is 0 Å². The quantitative estimate of drug-likeness (QED) is 0.345. The number of ketones is 2. The number of Topliss-reactive ketones (excluding diaryl/α,β-unsaturated/α-hetero) is 2. The van der Waals surface area contributed by atoms with E-state index in [1.807, 2.05) is 13.8 Å². The number of benzene rings is 1. The minimum atomic E-state index is -1.70. The summed E-state index contributed by atoms with van der Waals surface area (Å²) < 4.78 is 0. The SMILES string of the molecule is CCC(C)(CC(=O)C1C(C)=CCCC1(C)C)C(C)(C(=O)O)C(=O)c1ccccc1. The molecule has 0 aliphatic heterocycles. The van der Waals surface area contributed by atoms with E-state index in [0.717, 1.165) is 18.4 Å². The highest BCUT2D eigenvalue weighted by atomic mass is 16.4. The molecule has 0 radical (unpaired) electrons. The van der Waals surface area contributed by atoms with Crippen LogP contribution in [0, 0.1) is 22.2 Å². The number of carbonyl (C=O) groups excluding carboxylic acids is 2. The molecule has 0 aromatic heterocycles. The van der Waals surface area contributed by atoms with Gasteiger partial charge in [0.15, 0.2) is 5.78 Å². The summed E-state index contributed by atoms with van der Waals surface area (Å²) in [5.41, 5.74) is -1.46. The molecular formula is C25H34O4. The Morgan fingerprint density at radius 3 is 2.21 bits per heavy atom. The Labute approximate surface area is 174 Å². The average molecular weight is 399 g/mol. The van der Waals surface area contributed by atoms with E-state index in [-0.39, 0.29) is 23.5 Å². The average Bonchev–Trinajstić information content (AvgIpc) is 2.66. The van der Waals surface area contributed by atoms with Crippen molar-refractivity contribution in [2.45, 2.75) is 67.2 Å². The van der Waals surface area contributed by atoms with Crippen molar-refractivity contribution >= 4 is 17.5 Å². The second-order valence-electron chi connectivity index (χ2n) is 9.59. The summed E-state index contributed by atoms with van der Waals surface area (Å²) in [7, 11) is 0. The molecule has 0 saturated carbocycles. The number of allylic oxidation sites excluding steroid dienone is 2. The first-order valence-electron chi connectivity index (χ1n) is 10.4. The topological polar surface area (TPSA) is 71.4 Å². The molecule has 2 rings (SSSR count). The molecule has 158 valence electrons. The first kappa shape index (κ1) is 23.1. The molecule has 3 atom stereocenters. The number of carboxylic acid groups (broad SMARTS) is 1. The van der Waals surface area contributed by atoms with Crippen molar-refractivity contribution in [3.8, 4) is 0 Å². The van der Waals surface area contributed by atoms with Crippen LogP contribution in [-0.2, 0) is 9.59 Å². The smallest absolute Gasteiger partial charge is 0.317 e. The van der Waals surface area contributed by atoms with Crippen molar-refractivity contribution in [1.82, 2.24) is 0 Å². The largest absolute Gasteiger partial charge is 0.480 e. The van der Waals surface area contributed by atoms with Gasteiger partial charge in [0.1, 0.15) is 11.2 Å². The second kappa shape index (κ2) is 8.25. The predicted octanol–water partition coefficient (Wildman–Crippen LogP) is 5.72. The molecule has 4 heteroatoms. The number of rotatable bonds is 8. The lowest BCUT2D eigenvalue weighted by Gasteiger charge is -2.44. The fraction of sp³-hybridized carbons (Fsp3) is 0.560. The molecule has 4 nitrogen and oxygen atoms in total. The van der Waals surface area contributed by atoms with Gasteiger partial charge in [0, 0.05) is 17.9 Å². The number of carboxylic acids is 1. The van der Waals surface area contributed by atoms with Gasteiger partial charge in [0.2, 0.25) is 0 Å². The van der Waals surface area contributed by atoms with Crippen LogP contribution >= 0.6 is 0 Å². The van der Waals surface area contributed by atoms with Crippen LogP contribution in [0.1, 0.15) is 77.6 Å². The molecule has 0 fully saturated rings. The lowest BCUT2D eigenvalue weighted by Crippen LogP contribution is -2.51. The maximum absolute atomic E-state index is 13.5. The van der Waals surface area contributed by atoms with Crippen LogP contribution < -0.4 is 0 Å². The summed E-state index contributed by atoms with van der Waals surface area (Å²) in [5.74, 6) is -1.84. The molecule has 0 spiro atoms. The molecule has 1 N–H and O–H groups in total. The van der Waals surface area contributed by atoms with E-state index in [2.05, 4.69) is 19.9 Å². The van der Waals surface area contributed by atoms with Gasteiger partial charge in [0.05, 0.1) is 0 Å². The lowest BCUT2D eigenvalue weighted by molar-refractivity contribution is -0.153. The molecule has 0 saturated heterocycles. The molecule has 1 aliphatic carbocycles. The van der Waals surface area contributed by atoms with E-state index in [0.29, 0.717) is 12.0 Å². The number of hydrogen-bond acceptors (Lipinski definition) is 3. The van der Waals surface area contributed by atoms with Gasteiger partial charge in [-0.3, -0.25) is 14.4 Å². The summed E-state index contributed by atoms with van der Waals surface area (Å²) in [6, 6.07) is 8.51. The van der Waals surface area contributed by atoms with E-state index in [1.165, 1.54) is 6.92 Å². The first-order chi connectivity index (χ1) is 13.4. The fourth-order valence-corrected chi connectivity index (χ4v) is 4.89. The summed E-state index contributed by atoms with van der Waals surface area (Å²) in [6.45, 7) is 11.3. The Balaban J connectivity index is 2.47. The zero-order valence-electron chi connectivity index (χ0n) is 18.5. The van der Waals surface area contributed by atoms with E-state index in [9.17, 15) is 19.5 Å². The highest BCUT2D eigenvalue weighted by Crippen LogP contribution is 2.50. The number of carbonyl (C=O) groups is 3. The van der Waals surface area contributed by atoms with Crippen LogP contribution in [0.15, 0.2) is 42.0 Å². The zero-order valence-corrected chi connectivity index (χ0v) is 18.5. The van der Waals surface area contributed by atoms with Gasteiger partial charge in [-0.25, -0.2) is 0 Å². The van der Waals surface area contributed by atoms with Crippen LogP contribution in [0.2, 0.25) is 0 Å². The van der Waals surface area contributed by atoms with Gasteiger partial charge in [0.25, 0.3) is 0 Å². The van der Waals surface area contributed by atoms with E-state index >= 15 is 0 Å². The summed E-state index contributed by atoms with van der Waals surface area (Å²) >= 11 is 0. The Morgan fingerprint density at radius 1 is 1.14 bits per heavy atom. The van der Waals surface area contributed by atoms with Crippen LogP contribution in [0.25, 0.3) is 0 Å². The van der Waals surface area contributed by atoms with Gasteiger partial charge < -0.3 is 5.11 Å². The standard InChI is InChI=1S/C25H34O4/c1-7-24(5,16-19(26)20-17(2)12-11-15-23(20,3)4)25(6,22(28)29)21(27)18-13-9-8-10-14-18/h8-10,12-14,20H,7,11,15-16H2,1-6H3,(H,28,29). The van der Waals surface area contributed by atoms with Crippen molar-refractivity contribution in [3.05, 3.63) is 47.5 Å². The van der Waals surface area contributed by atoms with Crippen molar-refractivity contribution in [3.63, 3.8) is 0 Å². The lowest BCUT2D eigenvalue weighted by atomic mass is 9.56. The van der Waals surface area contributed by atoms with Crippen molar-refractivity contribution in [1.29, 1.82) is 0 Å². The minimum absolute atomic E-state index is 0.0288. The van der Waals surface area contributed by atoms with Crippen LogP contribution in [0.3, 0.4) is 0 Å². The van der Waals surface area contributed by atoms with Crippen molar-refractivity contribution in [2.24, 2.45) is 22.2 Å². The molecule has 1 aliphatic rings. The Bertz CT molecular complexity index is 820. The van der Waals surface area contributed by atoms with Crippen molar-refractivity contribution in [2.75, 3.05) is 0 Å². The summed E-state index contributed by atoms with van der Waals surface area (Å²) in [6.07, 6.45) is 4.46. The molecule has 3 unspecified atom stereocenters. The van der Waals surface area contributed by atoms with E-state index in [1.54, 1.807) is 37.3 Å². The molecule has 1 aromatic rings. The molecule has 1 aromatic carbocycles. The molecule has 0 bridgehead atoms.